The number of anilines is 2. The number of hydrogen-bond donors (Lipinski definition) is 2. The fourth-order valence-corrected chi connectivity index (χ4v) is 5.13. The van der Waals surface area contributed by atoms with Crippen molar-refractivity contribution in [2.75, 3.05) is 43.9 Å². The second-order valence-electron chi connectivity index (χ2n) is 7.13. The van der Waals surface area contributed by atoms with Gasteiger partial charge in [0.1, 0.15) is 0 Å². The lowest BCUT2D eigenvalue weighted by atomic mass is 10.1. The number of nitrogens with zero attached hydrogens (tertiary/aromatic N) is 3. The summed E-state index contributed by atoms with van der Waals surface area (Å²) in [5.41, 5.74) is 9.40. The highest BCUT2D eigenvalue weighted by atomic mass is 32.2. The number of likely N-dealkylation sites (N-methyl/N-ethyl adjacent to an activating group) is 1. The van der Waals surface area contributed by atoms with E-state index in [-0.39, 0.29) is 4.90 Å². The van der Waals surface area contributed by atoms with Crippen molar-refractivity contribution in [2.24, 2.45) is 0 Å². The van der Waals surface area contributed by atoms with Gasteiger partial charge in [-0.3, -0.25) is 0 Å². The number of benzene rings is 1. The molecule has 0 atom stereocenters. The molecule has 3 aliphatic rings. The van der Waals surface area contributed by atoms with Gasteiger partial charge < -0.3 is 20.9 Å². The highest BCUT2D eigenvalue weighted by Gasteiger charge is 2.27. The normalized spacial score (nSPS) is 20.8. The summed E-state index contributed by atoms with van der Waals surface area (Å²) >= 11 is 0. The molecule has 1 fully saturated rings. The summed E-state index contributed by atoms with van der Waals surface area (Å²) < 4.78 is 27.8. The minimum Gasteiger partial charge on any atom is -0.397 e. The third kappa shape index (κ3) is 3.46. The molecule has 3 heterocycles. The molecule has 8 heteroatoms. The lowest BCUT2D eigenvalue weighted by Gasteiger charge is -2.30. The Morgan fingerprint density at radius 3 is 2.75 bits per heavy atom. The predicted molar refractivity (Wildman–Crippen MR) is 112 cm³/mol. The molecule has 0 unspecified atom stereocenters. The van der Waals surface area contributed by atoms with Crippen molar-refractivity contribution in [3.05, 3.63) is 66.3 Å². The van der Waals surface area contributed by atoms with Crippen molar-refractivity contribution in [3.63, 3.8) is 0 Å². The molecule has 0 amide bonds. The Bertz CT molecular complexity index is 994. The number of fused-ring (bicyclic) bond motifs is 1. The second kappa shape index (κ2) is 7.46. The van der Waals surface area contributed by atoms with Crippen LogP contribution in [-0.2, 0) is 10.0 Å². The average molecular weight is 400 g/mol. The van der Waals surface area contributed by atoms with Crippen LogP contribution in [0.5, 0.6) is 0 Å². The fraction of sp³-hybridized carbons (Fsp3) is 0.300. The smallest absolute Gasteiger partial charge is 0.243 e. The van der Waals surface area contributed by atoms with Gasteiger partial charge in [0.2, 0.25) is 10.0 Å². The summed E-state index contributed by atoms with van der Waals surface area (Å²) in [6, 6.07) is 4.99. The van der Waals surface area contributed by atoms with E-state index in [9.17, 15) is 8.42 Å². The third-order valence-electron chi connectivity index (χ3n) is 5.20. The fourth-order valence-electron chi connectivity index (χ4n) is 3.62. The molecule has 0 radical (unpaired) electrons. The minimum absolute atomic E-state index is 0.241. The van der Waals surface area contributed by atoms with Crippen molar-refractivity contribution >= 4 is 21.4 Å². The van der Waals surface area contributed by atoms with E-state index in [0.29, 0.717) is 18.8 Å². The molecule has 0 saturated carbocycles. The van der Waals surface area contributed by atoms with E-state index in [2.05, 4.69) is 10.2 Å². The second-order valence-corrected chi connectivity index (χ2v) is 9.07. The first-order chi connectivity index (χ1) is 13.5. The zero-order chi connectivity index (χ0) is 19.7. The van der Waals surface area contributed by atoms with Gasteiger partial charge in [0.25, 0.3) is 0 Å². The summed E-state index contributed by atoms with van der Waals surface area (Å²) in [5, 5.41) is 3.20. The van der Waals surface area contributed by atoms with Crippen LogP contribution in [0.25, 0.3) is 0 Å². The van der Waals surface area contributed by atoms with Gasteiger partial charge in [-0.15, -0.1) is 0 Å². The molecular formula is C20H25N5O2S. The molecule has 0 aromatic heterocycles. The van der Waals surface area contributed by atoms with Crippen molar-refractivity contribution in [2.45, 2.75) is 11.3 Å². The van der Waals surface area contributed by atoms with Crippen LogP contribution in [0.1, 0.15) is 6.42 Å². The molecule has 1 saturated heterocycles. The number of allylic oxidation sites excluding steroid dienone is 4. The minimum atomic E-state index is -3.56. The molecule has 0 spiro atoms. The number of nitrogens with one attached hydrogen (secondary N) is 1. The Morgan fingerprint density at radius 1 is 1.07 bits per heavy atom. The monoisotopic (exact) mass is 399 g/mol. The first-order valence-electron chi connectivity index (χ1n) is 9.36. The van der Waals surface area contributed by atoms with E-state index in [4.69, 9.17) is 5.73 Å². The Hall–Kier alpha value is -2.55. The van der Waals surface area contributed by atoms with E-state index in [1.54, 1.807) is 22.5 Å². The molecule has 4 rings (SSSR count). The molecule has 3 N–H and O–H groups in total. The van der Waals surface area contributed by atoms with Gasteiger partial charge in [0.05, 0.1) is 27.7 Å². The van der Waals surface area contributed by atoms with Crippen molar-refractivity contribution in [1.82, 2.24) is 14.5 Å². The first-order valence-corrected chi connectivity index (χ1v) is 10.8. The number of nitrogens with two attached hydrogens (primary N) is 1. The number of nitrogen functional groups attached to an aromatic ring is 1. The van der Waals surface area contributed by atoms with Crippen molar-refractivity contribution in [1.29, 1.82) is 0 Å². The van der Waals surface area contributed by atoms with Gasteiger partial charge in [0, 0.05) is 32.0 Å². The van der Waals surface area contributed by atoms with E-state index in [1.165, 1.54) is 0 Å². The van der Waals surface area contributed by atoms with Crippen LogP contribution < -0.4 is 16.0 Å². The molecular weight excluding hydrogens is 374 g/mol. The summed E-state index contributed by atoms with van der Waals surface area (Å²) in [6.07, 6.45) is 12.4. The van der Waals surface area contributed by atoms with Gasteiger partial charge in [-0.1, -0.05) is 0 Å². The molecule has 1 aromatic carbocycles. The highest BCUT2D eigenvalue weighted by molar-refractivity contribution is 7.89. The Morgan fingerprint density at radius 2 is 1.93 bits per heavy atom. The molecule has 3 aliphatic heterocycles. The largest absolute Gasteiger partial charge is 0.397 e. The Kier molecular flexibility index (Phi) is 5.01. The number of hydrogen-bond acceptors (Lipinski definition) is 6. The van der Waals surface area contributed by atoms with Gasteiger partial charge in [-0.2, -0.15) is 4.31 Å². The standard InChI is InChI=1S/C20H25N5O2S/c1-23-10-4-11-24(14-13-23)28(26,27)16-7-8-19(17(21)15-16)25-12-3-5-18-20(25)6-2-9-22-18/h2-3,5-9,12,15,22H,4,10-11,13-14,21H2,1H3. The van der Waals surface area contributed by atoms with Crippen LogP contribution in [0.3, 0.4) is 0 Å². The van der Waals surface area contributed by atoms with E-state index in [0.717, 1.165) is 36.6 Å². The summed E-state index contributed by atoms with van der Waals surface area (Å²) in [7, 11) is -1.55. The van der Waals surface area contributed by atoms with Gasteiger partial charge in [-0.25, -0.2) is 8.42 Å². The zero-order valence-corrected chi connectivity index (χ0v) is 16.7. The first kappa shape index (κ1) is 18.8. The highest BCUT2D eigenvalue weighted by Crippen LogP contribution is 2.34. The third-order valence-corrected chi connectivity index (χ3v) is 7.09. The topological polar surface area (TPSA) is 81.9 Å². The van der Waals surface area contributed by atoms with Gasteiger partial charge >= 0.3 is 0 Å². The number of sulfonamides is 1. The van der Waals surface area contributed by atoms with Crippen LogP contribution in [0, 0.1) is 0 Å². The van der Waals surface area contributed by atoms with E-state index in [1.807, 2.05) is 48.7 Å². The maximum atomic E-state index is 13.1. The van der Waals surface area contributed by atoms with Crippen molar-refractivity contribution < 1.29 is 8.42 Å². The summed E-state index contributed by atoms with van der Waals surface area (Å²) in [4.78, 5) is 4.35. The van der Waals surface area contributed by atoms with Crippen LogP contribution in [0.2, 0.25) is 0 Å². The summed E-state index contributed by atoms with van der Waals surface area (Å²) in [6.45, 7) is 2.66. The maximum Gasteiger partial charge on any atom is 0.243 e. The number of rotatable bonds is 3. The molecule has 1 aromatic rings. The van der Waals surface area contributed by atoms with E-state index >= 15 is 0 Å². The predicted octanol–water partition coefficient (Wildman–Crippen LogP) is 1.81. The number of dihydropyridines is 1. The average Bonchev–Trinajstić information content (AvgIpc) is 2.92. The molecule has 148 valence electrons. The SMILES string of the molecule is CN1CCCN(S(=O)(=O)c2ccc(N3C=CC=C4NC=CC=C43)c(N)c2)CC1. The van der Waals surface area contributed by atoms with Crippen LogP contribution in [0.15, 0.2) is 71.2 Å². The zero-order valence-electron chi connectivity index (χ0n) is 15.9. The quantitative estimate of drug-likeness (QED) is 0.755. The van der Waals surface area contributed by atoms with Crippen LogP contribution in [0.4, 0.5) is 11.4 Å². The molecule has 0 aliphatic carbocycles. The molecule has 28 heavy (non-hydrogen) atoms. The van der Waals surface area contributed by atoms with Crippen molar-refractivity contribution in [3.8, 4) is 0 Å². The summed E-state index contributed by atoms with van der Waals surface area (Å²) in [5.74, 6) is 0. The Balaban J connectivity index is 1.63. The van der Waals surface area contributed by atoms with Crippen LogP contribution in [-0.4, -0.2) is 50.8 Å². The van der Waals surface area contributed by atoms with Crippen LogP contribution >= 0.6 is 0 Å². The Labute approximate surface area is 166 Å². The lowest BCUT2D eigenvalue weighted by molar-refractivity contribution is 0.347. The van der Waals surface area contributed by atoms with E-state index < -0.39 is 10.0 Å². The van der Waals surface area contributed by atoms with Gasteiger partial charge in [0.15, 0.2) is 0 Å². The lowest BCUT2D eigenvalue weighted by Crippen LogP contribution is -2.34. The molecule has 0 bridgehead atoms. The molecule has 7 nitrogen and oxygen atoms in total. The maximum absolute atomic E-state index is 13.1. The van der Waals surface area contributed by atoms with Gasteiger partial charge in [-0.05, 0) is 62.5 Å².